The third kappa shape index (κ3) is 9.65. The summed E-state index contributed by atoms with van der Waals surface area (Å²) < 4.78 is 52.3. The van der Waals surface area contributed by atoms with Gasteiger partial charge < -0.3 is 13.8 Å². The quantitative estimate of drug-likeness (QED) is 0.154. The van der Waals surface area contributed by atoms with Crippen LogP contribution in [0.4, 0.5) is 4.39 Å². The summed E-state index contributed by atoms with van der Waals surface area (Å²) in [6, 6.07) is 24.7. The molecular weight excluding hydrogens is 972 g/mol. The van der Waals surface area contributed by atoms with E-state index < -0.39 is 6.85 Å². The Morgan fingerprint density at radius 3 is 1.91 bits per heavy atom. The number of rotatable bonds is 6. The van der Waals surface area contributed by atoms with Crippen LogP contribution in [0.2, 0.25) is 0 Å². The van der Waals surface area contributed by atoms with Crippen molar-refractivity contribution in [1.82, 2.24) is 19.9 Å². The van der Waals surface area contributed by atoms with Crippen molar-refractivity contribution in [1.29, 1.82) is 0 Å². The van der Waals surface area contributed by atoms with E-state index in [-0.39, 0.29) is 59.6 Å². The Balaban J connectivity index is 0.000000346. The van der Waals surface area contributed by atoms with E-state index in [2.05, 4.69) is 143 Å². The van der Waals surface area contributed by atoms with Crippen molar-refractivity contribution in [3.05, 3.63) is 131 Å². The first-order chi connectivity index (χ1) is 30.6. The Bertz CT molecular complexity index is 3040. The summed E-state index contributed by atoms with van der Waals surface area (Å²) in [5, 5.41) is 1.19. The van der Waals surface area contributed by atoms with Gasteiger partial charge in [-0.2, -0.15) is 0 Å². The molecule has 64 heavy (non-hydrogen) atoms. The fraction of sp³-hybridized carbons (Fsp3) is 0.393. The van der Waals surface area contributed by atoms with Crippen LogP contribution in [0.3, 0.4) is 0 Å². The Morgan fingerprint density at radius 2 is 1.34 bits per heavy atom. The summed E-state index contributed by atoms with van der Waals surface area (Å²) in [6.07, 6.45) is 3.33. The molecule has 0 spiro atoms. The molecule has 0 saturated carbocycles. The summed E-state index contributed by atoms with van der Waals surface area (Å²) in [5.41, 5.74) is 12.4. The van der Waals surface area contributed by atoms with E-state index in [0.717, 1.165) is 28.1 Å². The van der Waals surface area contributed by atoms with Gasteiger partial charge in [-0.1, -0.05) is 146 Å². The topological polar surface area (TPSA) is 77.8 Å². The predicted octanol–water partition coefficient (Wildman–Crippen LogP) is 15.9. The molecule has 0 saturated heterocycles. The summed E-state index contributed by atoms with van der Waals surface area (Å²) in [7, 11) is 0. The number of hydrogen-bond acceptors (Lipinski definition) is 6. The zero-order chi connectivity index (χ0) is 48.4. The molecule has 0 N–H and O–H groups in total. The van der Waals surface area contributed by atoms with Crippen molar-refractivity contribution in [3.63, 3.8) is 0 Å². The van der Waals surface area contributed by atoms with Crippen LogP contribution in [0, 0.1) is 24.8 Å². The number of pyridine rings is 1. The minimum atomic E-state index is -2.42. The average Bonchev–Trinajstić information content (AvgIpc) is 3.84. The third-order valence-electron chi connectivity index (χ3n) is 11.6. The Kier molecular flexibility index (Phi) is 12.5. The number of halogens is 1. The van der Waals surface area contributed by atoms with Crippen molar-refractivity contribution >= 4 is 33.0 Å². The van der Waals surface area contributed by atoms with Gasteiger partial charge >= 0.3 is 0 Å². The summed E-state index contributed by atoms with van der Waals surface area (Å²) in [6.45, 7) is 29.9. The molecule has 0 bridgehead atoms. The van der Waals surface area contributed by atoms with Gasteiger partial charge in [0.25, 0.3) is 0 Å². The molecule has 8 aromatic rings. The van der Waals surface area contributed by atoms with E-state index in [4.69, 9.17) is 17.9 Å². The molecule has 0 aliphatic heterocycles. The van der Waals surface area contributed by atoms with E-state index in [0.29, 0.717) is 56.1 Å². The minimum absolute atomic E-state index is 0. The molecule has 0 amide bonds. The van der Waals surface area contributed by atoms with E-state index >= 15 is 0 Å². The number of aryl methyl sites for hydroxylation is 1. The Labute approximate surface area is 397 Å². The van der Waals surface area contributed by atoms with Gasteiger partial charge in [0.15, 0.2) is 5.58 Å². The SMILES string of the molecule is CC(C)(C)c1ccnc(-c2[c-]cc(F)cc2)c1.[2H]C([2H])([2H])c1c[c-]c(-c2cc(C(C)(C)C)ncn2)c2oc3c(-c4c(C(C)C)cc(C(C)C)cc4C(C)C)c4oc(C(C)(C)C)nc4cc3c12.[Ir]. The predicted molar refractivity (Wildman–Crippen MR) is 258 cm³/mol. The van der Waals surface area contributed by atoms with Crippen LogP contribution in [-0.2, 0) is 36.4 Å². The zero-order valence-electron chi connectivity index (χ0n) is 43.0. The second kappa shape index (κ2) is 18.1. The first kappa shape index (κ1) is 44.2. The summed E-state index contributed by atoms with van der Waals surface area (Å²) >= 11 is 0. The number of oxazole rings is 1. The van der Waals surface area contributed by atoms with Gasteiger partial charge in [-0.25, -0.2) is 9.97 Å². The average molecular weight is 1040 g/mol. The molecule has 0 aliphatic rings. The van der Waals surface area contributed by atoms with Crippen molar-refractivity contribution in [2.45, 2.75) is 145 Å². The van der Waals surface area contributed by atoms with E-state index in [1.54, 1.807) is 24.7 Å². The number of aromatic nitrogens is 4. The molecule has 6 nitrogen and oxygen atoms in total. The van der Waals surface area contributed by atoms with Crippen LogP contribution in [-0.4, -0.2) is 19.9 Å². The molecule has 0 fully saturated rings. The van der Waals surface area contributed by atoms with Gasteiger partial charge in [0, 0.05) is 58.1 Å². The normalized spacial score (nSPS) is 13.3. The zero-order valence-corrected chi connectivity index (χ0v) is 42.4. The second-order valence-electron chi connectivity index (χ2n) is 20.8. The van der Waals surface area contributed by atoms with Crippen molar-refractivity contribution in [3.8, 4) is 33.6 Å². The molecule has 0 atom stereocenters. The molecule has 0 unspecified atom stereocenters. The molecule has 4 heterocycles. The van der Waals surface area contributed by atoms with Crippen LogP contribution in [0.5, 0.6) is 0 Å². The van der Waals surface area contributed by atoms with Crippen LogP contribution < -0.4 is 0 Å². The van der Waals surface area contributed by atoms with Gasteiger partial charge in [-0.15, -0.1) is 47.5 Å². The van der Waals surface area contributed by atoms with Gasteiger partial charge in [0.1, 0.15) is 17.4 Å². The van der Waals surface area contributed by atoms with Crippen LogP contribution in [0.25, 0.3) is 66.7 Å². The first-order valence-electron chi connectivity index (χ1n) is 23.6. The second-order valence-corrected chi connectivity index (χ2v) is 20.8. The molecule has 1 radical (unpaired) electrons. The standard InChI is InChI=1S/C41H48N3O2.C15H15FN.Ir/c1-21(2)25-16-27(22(3)4)34(28(17-25)23(5)6)35-37-29(18-31-38(35)46-39(44-31)41(11,12)13)33-24(7)14-15-26(36(33)45-37)30-19-32(40(8,9)10)43-20-42-30;1-15(2,3)12-8-9-17-14(10-12)11-4-6-13(16)7-5-11;/h14,16-23H,1-13H3;4,6-10H,1-3H3;/q2*-1;/i7D3;;. The third-order valence-corrected chi connectivity index (χ3v) is 11.6. The fourth-order valence-electron chi connectivity index (χ4n) is 7.84. The maximum absolute atomic E-state index is 12.8. The summed E-state index contributed by atoms with van der Waals surface area (Å²) in [4.78, 5) is 18.5. The molecule has 4 aromatic heterocycles. The van der Waals surface area contributed by atoms with Crippen molar-refractivity contribution in [2.24, 2.45) is 0 Å². The number of nitrogens with zero attached hydrogens (tertiary/aromatic N) is 4. The Morgan fingerprint density at radius 1 is 0.656 bits per heavy atom. The van der Waals surface area contributed by atoms with E-state index in [1.165, 1.54) is 34.4 Å². The molecule has 8 heteroatoms. The summed E-state index contributed by atoms with van der Waals surface area (Å²) in [5.74, 6) is 1.04. The van der Waals surface area contributed by atoms with E-state index in [9.17, 15) is 4.39 Å². The van der Waals surface area contributed by atoms with Crippen LogP contribution in [0.1, 0.15) is 165 Å². The molecule has 4 aromatic carbocycles. The van der Waals surface area contributed by atoms with Crippen LogP contribution >= 0.6 is 0 Å². The number of hydrogen-bond donors (Lipinski definition) is 0. The molecule has 337 valence electrons. The molecule has 0 aliphatic carbocycles. The van der Waals surface area contributed by atoms with Gasteiger partial charge in [0.05, 0.1) is 11.1 Å². The Hall–Kier alpha value is -5.04. The van der Waals surface area contributed by atoms with Crippen molar-refractivity contribution < 1.29 is 37.4 Å². The molecular formula is C56H63FIrN4O2-2. The van der Waals surface area contributed by atoms with Gasteiger partial charge in [-0.05, 0) is 74.5 Å². The minimum Gasteiger partial charge on any atom is -0.500 e. The first-order valence-corrected chi connectivity index (χ1v) is 22.1. The van der Waals surface area contributed by atoms with Gasteiger partial charge in [0.2, 0.25) is 5.89 Å². The smallest absolute Gasteiger partial charge is 0.200 e. The number of furan rings is 1. The maximum Gasteiger partial charge on any atom is 0.200 e. The van der Waals surface area contributed by atoms with E-state index in [1.807, 2.05) is 24.3 Å². The van der Waals surface area contributed by atoms with Crippen LogP contribution in [0.15, 0.2) is 82.0 Å². The number of fused-ring (bicyclic) bond motifs is 4. The maximum atomic E-state index is 12.8. The van der Waals surface area contributed by atoms with Crippen molar-refractivity contribution in [2.75, 3.05) is 0 Å². The fourth-order valence-corrected chi connectivity index (χ4v) is 7.84. The van der Waals surface area contributed by atoms with Gasteiger partial charge in [-0.3, -0.25) is 9.37 Å². The largest absolute Gasteiger partial charge is 0.500 e. The molecule has 8 rings (SSSR count). The number of benzene rings is 4. The monoisotopic (exact) mass is 1040 g/mol.